The van der Waals surface area contributed by atoms with Gasteiger partial charge in [0.05, 0.1) is 19.8 Å². The van der Waals surface area contributed by atoms with E-state index in [2.05, 4.69) is 0 Å². The first-order chi connectivity index (χ1) is 8.69. The van der Waals surface area contributed by atoms with E-state index in [0.717, 1.165) is 6.08 Å². The van der Waals surface area contributed by atoms with E-state index in [-0.39, 0.29) is 17.1 Å². The number of hydrogen-bond donors (Lipinski definition) is 0. The molecule has 1 aliphatic carbocycles. The third-order valence-electron chi connectivity index (χ3n) is 2.65. The van der Waals surface area contributed by atoms with Crippen LogP contribution >= 0.6 is 0 Å². The predicted octanol–water partition coefficient (Wildman–Crippen LogP) is 1.73. The Morgan fingerprint density at radius 2 is 1.61 bits per heavy atom. The van der Waals surface area contributed by atoms with Gasteiger partial charge in [-0.05, 0) is 5.56 Å². The molecule has 92 valence electrons. The lowest BCUT2D eigenvalue weighted by atomic mass is 9.93. The number of ketones is 2. The molecule has 0 unspecified atom stereocenters. The van der Waals surface area contributed by atoms with Crippen molar-refractivity contribution < 1.29 is 19.1 Å². The number of carbonyl (C=O) groups is 2. The molecule has 0 N–H and O–H groups in total. The van der Waals surface area contributed by atoms with Crippen LogP contribution in [-0.4, -0.2) is 25.8 Å². The number of carbonyl (C=O) groups excluding carboxylic acids is 2. The molecule has 18 heavy (non-hydrogen) atoms. The Hall–Kier alpha value is -2.36. The molecule has 4 nitrogen and oxygen atoms in total. The van der Waals surface area contributed by atoms with Gasteiger partial charge in [-0.3, -0.25) is 9.59 Å². The maximum Gasteiger partial charge on any atom is 0.237 e. The van der Waals surface area contributed by atoms with Crippen molar-refractivity contribution in [3.8, 4) is 0 Å². The lowest BCUT2D eigenvalue weighted by Gasteiger charge is -2.18. The molecule has 4 heteroatoms. The summed E-state index contributed by atoms with van der Waals surface area (Å²) in [5.74, 6) is -0.639. The van der Waals surface area contributed by atoms with Gasteiger partial charge in [0.15, 0.2) is 11.5 Å². The highest BCUT2D eigenvalue weighted by Gasteiger charge is 2.31. The Kier molecular flexibility index (Phi) is 3.28. The first-order valence-electron chi connectivity index (χ1n) is 5.37. The quantitative estimate of drug-likeness (QED) is 0.600. The van der Waals surface area contributed by atoms with Gasteiger partial charge in [-0.25, -0.2) is 0 Å². The molecule has 0 aliphatic heterocycles. The number of ether oxygens (including phenoxy) is 2. The molecule has 1 aliphatic rings. The number of rotatable bonds is 3. The Morgan fingerprint density at radius 3 is 2.17 bits per heavy atom. The van der Waals surface area contributed by atoms with Gasteiger partial charge in [-0.15, -0.1) is 0 Å². The van der Waals surface area contributed by atoms with Crippen LogP contribution in [0.2, 0.25) is 0 Å². The Labute approximate surface area is 105 Å². The summed E-state index contributed by atoms with van der Waals surface area (Å²) in [7, 11) is 2.87. The summed E-state index contributed by atoms with van der Waals surface area (Å²) in [6, 6.07) is 8.91. The Balaban J connectivity index is 2.65. The average Bonchev–Trinajstić information content (AvgIpc) is 2.42. The summed E-state index contributed by atoms with van der Waals surface area (Å²) in [4.78, 5) is 23.6. The number of allylic oxidation sites excluding steroid dienone is 2. The highest BCUT2D eigenvalue weighted by Crippen LogP contribution is 2.29. The lowest BCUT2D eigenvalue weighted by Crippen LogP contribution is -2.21. The second-order valence-corrected chi connectivity index (χ2v) is 3.68. The molecule has 0 aromatic heterocycles. The summed E-state index contributed by atoms with van der Waals surface area (Å²) in [5, 5.41) is 0. The molecular weight excluding hydrogens is 232 g/mol. The van der Waals surface area contributed by atoms with E-state index in [9.17, 15) is 9.59 Å². The fraction of sp³-hybridized carbons (Fsp3) is 0.143. The van der Waals surface area contributed by atoms with Gasteiger partial charge in [0.1, 0.15) is 0 Å². The van der Waals surface area contributed by atoms with E-state index in [1.165, 1.54) is 14.2 Å². The molecule has 0 fully saturated rings. The van der Waals surface area contributed by atoms with Crippen molar-refractivity contribution in [3.63, 3.8) is 0 Å². The first-order valence-corrected chi connectivity index (χ1v) is 5.37. The molecule has 0 spiro atoms. The molecular formula is C14H12O4. The van der Waals surface area contributed by atoms with Crippen molar-refractivity contribution in [2.75, 3.05) is 14.2 Å². The zero-order valence-corrected chi connectivity index (χ0v) is 10.1. The van der Waals surface area contributed by atoms with Crippen LogP contribution in [0.3, 0.4) is 0 Å². The van der Waals surface area contributed by atoms with Crippen molar-refractivity contribution in [3.05, 3.63) is 53.5 Å². The summed E-state index contributed by atoms with van der Waals surface area (Å²) >= 11 is 0. The zero-order valence-electron chi connectivity index (χ0n) is 10.1. The lowest BCUT2D eigenvalue weighted by molar-refractivity contribution is -0.130. The monoisotopic (exact) mass is 244 g/mol. The molecule has 2 rings (SSSR count). The van der Waals surface area contributed by atoms with Crippen LogP contribution in [0.15, 0.2) is 47.9 Å². The highest BCUT2D eigenvalue weighted by molar-refractivity contribution is 6.58. The second kappa shape index (κ2) is 4.87. The normalized spacial score (nSPS) is 15.6. The summed E-state index contributed by atoms with van der Waals surface area (Å²) in [5.41, 5.74) is 0.873. The highest BCUT2D eigenvalue weighted by atomic mass is 16.5. The van der Waals surface area contributed by atoms with Gasteiger partial charge in [0.25, 0.3) is 0 Å². The smallest absolute Gasteiger partial charge is 0.237 e. The molecule has 0 radical (unpaired) electrons. The molecule has 0 atom stereocenters. The van der Waals surface area contributed by atoms with E-state index < -0.39 is 11.6 Å². The summed E-state index contributed by atoms with van der Waals surface area (Å²) in [6.07, 6.45) is 1.15. The number of benzene rings is 1. The van der Waals surface area contributed by atoms with Crippen molar-refractivity contribution in [2.45, 2.75) is 0 Å². The van der Waals surface area contributed by atoms with E-state index in [1.54, 1.807) is 24.3 Å². The number of hydrogen-bond acceptors (Lipinski definition) is 4. The molecule has 0 amide bonds. The van der Waals surface area contributed by atoms with Crippen LogP contribution in [0.1, 0.15) is 5.56 Å². The maximum absolute atomic E-state index is 12.0. The van der Waals surface area contributed by atoms with Crippen molar-refractivity contribution in [1.82, 2.24) is 0 Å². The fourth-order valence-corrected chi connectivity index (χ4v) is 1.82. The van der Waals surface area contributed by atoms with Gasteiger partial charge in [-0.2, -0.15) is 0 Å². The minimum absolute atomic E-state index is 0.238. The maximum atomic E-state index is 12.0. The zero-order chi connectivity index (χ0) is 13.1. The number of methoxy groups -OCH3 is 2. The van der Waals surface area contributed by atoms with E-state index in [0.29, 0.717) is 5.56 Å². The molecule has 0 heterocycles. The van der Waals surface area contributed by atoms with Crippen LogP contribution in [0.25, 0.3) is 5.57 Å². The van der Waals surface area contributed by atoms with Crippen LogP contribution in [-0.2, 0) is 19.1 Å². The molecule has 0 saturated heterocycles. The van der Waals surface area contributed by atoms with E-state index in [4.69, 9.17) is 9.47 Å². The molecule has 1 aromatic carbocycles. The van der Waals surface area contributed by atoms with E-state index in [1.807, 2.05) is 6.07 Å². The molecule has 1 aromatic rings. The van der Waals surface area contributed by atoms with Crippen LogP contribution < -0.4 is 0 Å². The van der Waals surface area contributed by atoms with E-state index >= 15 is 0 Å². The third-order valence-corrected chi connectivity index (χ3v) is 2.65. The molecule has 0 saturated carbocycles. The number of Topliss-reactive ketones (excluding diaryl/α,β-unsaturated/α-hetero) is 1. The fourth-order valence-electron chi connectivity index (χ4n) is 1.82. The molecule has 0 bridgehead atoms. The first kappa shape index (κ1) is 12.1. The van der Waals surface area contributed by atoms with Crippen LogP contribution in [0.4, 0.5) is 0 Å². The predicted molar refractivity (Wildman–Crippen MR) is 65.5 cm³/mol. The standard InChI is InChI=1S/C14H12O4/c1-17-11-8-10(15)13(16)12(14(11)18-2)9-6-4-3-5-7-9/h3-8H,1-2H3. The van der Waals surface area contributed by atoms with Crippen molar-refractivity contribution >= 4 is 17.1 Å². The third kappa shape index (κ3) is 1.93. The SMILES string of the molecule is COC1=CC(=O)C(=O)C(c2ccccc2)=C1OC. The Bertz CT molecular complexity index is 552. The topological polar surface area (TPSA) is 52.6 Å². The van der Waals surface area contributed by atoms with Crippen molar-refractivity contribution in [2.24, 2.45) is 0 Å². The minimum Gasteiger partial charge on any atom is -0.493 e. The average molecular weight is 244 g/mol. The van der Waals surface area contributed by atoms with Gasteiger partial charge in [0.2, 0.25) is 11.6 Å². The van der Waals surface area contributed by atoms with Crippen LogP contribution in [0, 0.1) is 0 Å². The van der Waals surface area contributed by atoms with Crippen LogP contribution in [0.5, 0.6) is 0 Å². The van der Waals surface area contributed by atoms with Gasteiger partial charge >= 0.3 is 0 Å². The second-order valence-electron chi connectivity index (χ2n) is 3.68. The summed E-state index contributed by atoms with van der Waals surface area (Å²) < 4.78 is 10.3. The minimum atomic E-state index is -0.605. The van der Waals surface area contributed by atoms with Gasteiger partial charge in [-0.1, -0.05) is 30.3 Å². The largest absolute Gasteiger partial charge is 0.493 e. The van der Waals surface area contributed by atoms with Crippen molar-refractivity contribution in [1.29, 1.82) is 0 Å². The summed E-state index contributed by atoms with van der Waals surface area (Å²) in [6.45, 7) is 0. The van der Waals surface area contributed by atoms with Gasteiger partial charge in [0, 0.05) is 6.08 Å². The Morgan fingerprint density at radius 1 is 0.944 bits per heavy atom. The van der Waals surface area contributed by atoms with Gasteiger partial charge < -0.3 is 9.47 Å².